The van der Waals surface area contributed by atoms with Gasteiger partial charge in [-0.1, -0.05) is 11.6 Å². The quantitative estimate of drug-likeness (QED) is 0.831. The monoisotopic (exact) mass is 263 g/mol. The highest BCUT2D eigenvalue weighted by Gasteiger charge is 2.06. The van der Waals surface area contributed by atoms with Gasteiger partial charge in [0.05, 0.1) is 11.3 Å². The minimum Gasteiger partial charge on any atom is -0.437 e. The van der Waals surface area contributed by atoms with Crippen LogP contribution in [0.3, 0.4) is 0 Å². The molecule has 1 amide bonds. The highest BCUT2D eigenvalue weighted by atomic mass is 35.5. The van der Waals surface area contributed by atoms with Gasteiger partial charge in [0, 0.05) is 23.4 Å². The van der Waals surface area contributed by atoms with E-state index in [4.69, 9.17) is 27.8 Å². The van der Waals surface area contributed by atoms with Crippen molar-refractivity contribution >= 4 is 23.2 Å². The molecule has 5 nitrogen and oxygen atoms in total. The van der Waals surface area contributed by atoms with Crippen LogP contribution in [0.4, 0.5) is 5.69 Å². The second kappa shape index (κ2) is 4.93. The number of amides is 1. The van der Waals surface area contributed by atoms with Gasteiger partial charge in [0.15, 0.2) is 5.75 Å². The molecule has 0 saturated carbocycles. The van der Waals surface area contributed by atoms with Crippen LogP contribution < -0.4 is 16.2 Å². The highest BCUT2D eigenvalue weighted by Crippen LogP contribution is 2.29. The van der Waals surface area contributed by atoms with Gasteiger partial charge in [-0.15, -0.1) is 0 Å². The van der Waals surface area contributed by atoms with E-state index in [9.17, 15) is 4.79 Å². The Labute approximate surface area is 108 Å². The molecule has 2 rings (SSSR count). The van der Waals surface area contributed by atoms with Gasteiger partial charge in [-0.3, -0.25) is 4.79 Å². The Morgan fingerprint density at radius 2 is 2.06 bits per heavy atom. The van der Waals surface area contributed by atoms with E-state index in [-0.39, 0.29) is 0 Å². The number of nitrogen functional groups attached to an aromatic ring is 1. The van der Waals surface area contributed by atoms with Crippen molar-refractivity contribution in [3.8, 4) is 11.6 Å². The van der Waals surface area contributed by atoms with Crippen molar-refractivity contribution in [2.24, 2.45) is 5.73 Å². The molecule has 1 heterocycles. The molecule has 6 heteroatoms. The SMILES string of the molecule is NC(=O)c1ccc(Oc2cc(Cl)ccc2N)nc1. The molecule has 4 N–H and O–H groups in total. The lowest BCUT2D eigenvalue weighted by molar-refractivity contribution is 0.1000. The number of carbonyl (C=O) groups is 1. The molecule has 92 valence electrons. The normalized spacial score (nSPS) is 10.1. The van der Waals surface area contributed by atoms with Gasteiger partial charge >= 0.3 is 0 Å². The van der Waals surface area contributed by atoms with Crippen LogP contribution in [0.15, 0.2) is 36.5 Å². The summed E-state index contributed by atoms with van der Waals surface area (Å²) in [6, 6.07) is 7.93. The van der Waals surface area contributed by atoms with Crippen molar-refractivity contribution in [2.45, 2.75) is 0 Å². The third-order valence-electron chi connectivity index (χ3n) is 2.21. The Balaban J connectivity index is 2.23. The summed E-state index contributed by atoms with van der Waals surface area (Å²) in [5.74, 6) is 0.159. The number of aromatic nitrogens is 1. The lowest BCUT2D eigenvalue weighted by Crippen LogP contribution is -2.10. The van der Waals surface area contributed by atoms with Crippen molar-refractivity contribution in [1.82, 2.24) is 4.98 Å². The van der Waals surface area contributed by atoms with Gasteiger partial charge in [-0.25, -0.2) is 4.98 Å². The van der Waals surface area contributed by atoms with Crippen molar-refractivity contribution in [2.75, 3.05) is 5.73 Å². The summed E-state index contributed by atoms with van der Waals surface area (Å²) in [6.45, 7) is 0. The second-order valence-electron chi connectivity index (χ2n) is 3.53. The second-order valence-corrected chi connectivity index (χ2v) is 3.97. The van der Waals surface area contributed by atoms with Crippen LogP contribution in [0, 0.1) is 0 Å². The van der Waals surface area contributed by atoms with E-state index in [1.54, 1.807) is 18.2 Å². The first-order valence-electron chi connectivity index (χ1n) is 5.05. The smallest absolute Gasteiger partial charge is 0.250 e. The van der Waals surface area contributed by atoms with Crippen LogP contribution in [0.25, 0.3) is 0 Å². The number of nitrogens with zero attached hydrogens (tertiary/aromatic N) is 1. The summed E-state index contributed by atoms with van der Waals surface area (Å²) in [4.78, 5) is 14.8. The molecule has 0 aliphatic heterocycles. The van der Waals surface area contributed by atoms with Gasteiger partial charge in [0.25, 0.3) is 0 Å². The summed E-state index contributed by atoms with van der Waals surface area (Å²) < 4.78 is 5.45. The standard InChI is InChI=1S/C12H10ClN3O2/c13-8-2-3-9(14)10(5-8)18-11-4-1-7(6-16-11)12(15)17/h1-6H,14H2,(H2,15,17). The highest BCUT2D eigenvalue weighted by molar-refractivity contribution is 6.30. The zero-order valence-electron chi connectivity index (χ0n) is 9.26. The molecule has 0 atom stereocenters. The molecule has 0 saturated heterocycles. The van der Waals surface area contributed by atoms with Crippen LogP contribution in [0.1, 0.15) is 10.4 Å². The number of hydrogen-bond donors (Lipinski definition) is 2. The largest absolute Gasteiger partial charge is 0.437 e. The summed E-state index contributed by atoms with van der Waals surface area (Å²) in [5, 5.41) is 0.507. The number of primary amides is 1. The number of hydrogen-bond acceptors (Lipinski definition) is 4. The summed E-state index contributed by atoms with van der Waals surface area (Å²) in [7, 11) is 0. The first-order valence-corrected chi connectivity index (χ1v) is 5.43. The Bertz CT molecular complexity index is 584. The Kier molecular flexibility index (Phi) is 3.34. The van der Waals surface area contributed by atoms with Crippen molar-refractivity contribution in [1.29, 1.82) is 0 Å². The number of anilines is 1. The van der Waals surface area contributed by atoms with E-state index in [0.717, 1.165) is 0 Å². The fourth-order valence-electron chi connectivity index (χ4n) is 1.30. The summed E-state index contributed by atoms with van der Waals surface area (Å²) >= 11 is 5.83. The lowest BCUT2D eigenvalue weighted by Gasteiger charge is -2.07. The Hall–Kier alpha value is -2.27. The van der Waals surface area contributed by atoms with E-state index in [0.29, 0.717) is 27.9 Å². The zero-order chi connectivity index (χ0) is 13.1. The van der Waals surface area contributed by atoms with Gasteiger partial charge in [-0.05, 0) is 18.2 Å². The molecule has 0 aliphatic carbocycles. The maximum absolute atomic E-state index is 10.9. The van der Waals surface area contributed by atoms with Crippen molar-refractivity contribution in [3.05, 3.63) is 47.1 Å². The molecule has 0 bridgehead atoms. The lowest BCUT2D eigenvalue weighted by atomic mass is 10.3. The van der Waals surface area contributed by atoms with E-state index in [1.807, 2.05) is 0 Å². The average molecular weight is 264 g/mol. The van der Waals surface area contributed by atoms with Crippen LogP contribution in [-0.4, -0.2) is 10.9 Å². The molecule has 2 aromatic rings. The molecular formula is C12H10ClN3O2. The van der Waals surface area contributed by atoms with E-state index in [2.05, 4.69) is 4.98 Å². The molecule has 1 aromatic carbocycles. The molecule has 1 aromatic heterocycles. The van der Waals surface area contributed by atoms with Crippen LogP contribution in [0.2, 0.25) is 5.02 Å². The summed E-state index contributed by atoms with van der Waals surface area (Å²) in [6.07, 6.45) is 1.33. The van der Waals surface area contributed by atoms with Gasteiger partial charge in [0.2, 0.25) is 11.8 Å². The number of carbonyl (C=O) groups excluding carboxylic acids is 1. The predicted molar refractivity (Wildman–Crippen MR) is 68.7 cm³/mol. The third-order valence-corrected chi connectivity index (χ3v) is 2.45. The third kappa shape index (κ3) is 2.70. The van der Waals surface area contributed by atoms with E-state index in [1.165, 1.54) is 18.3 Å². The zero-order valence-corrected chi connectivity index (χ0v) is 10.0. The average Bonchev–Trinajstić information content (AvgIpc) is 2.34. The Morgan fingerprint density at radius 3 is 2.67 bits per heavy atom. The number of benzene rings is 1. The topological polar surface area (TPSA) is 91.2 Å². The van der Waals surface area contributed by atoms with Crippen LogP contribution >= 0.6 is 11.6 Å². The molecule has 0 spiro atoms. The first-order chi connectivity index (χ1) is 8.56. The van der Waals surface area contributed by atoms with E-state index >= 15 is 0 Å². The van der Waals surface area contributed by atoms with Gasteiger partial charge in [0.1, 0.15) is 0 Å². The van der Waals surface area contributed by atoms with Crippen LogP contribution in [0.5, 0.6) is 11.6 Å². The maximum Gasteiger partial charge on any atom is 0.250 e. The number of halogens is 1. The predicted octanol–water partition coefficient (Wildman–Crippen LogP) is 2.21. The number of rotatable bonds is 3. The fourth-order valence-corrected chi connectivity index (χ4v) is 1.46. The van der Waals surface area contributed by atoms with Crippen molar-refractivity contribution in [3.63, 3.8) is 0 Å². The summed E-state index contributed by atoms with van der Waals surface area (Å²) in [5.41, 5.74) is 11.6. The minimum atomic E-state index is -0.545. The Morgan fingerprint density at radius 1 is 1.28 bits per heavy atom. The maximum atomic E-state index is 10.9. The van der Waals surface area contributed by atoms with Gasteiger partial charge in [-0.2, -0.15) is 0 Å². The number of pyridine rings is 1. The molecule has 0 fully saturated rings. The molecular weight excluding hydrogens is 254 g/mol. The number of nitrogens with two attached hydrogens (primary N) is 2. The molecule has 0 radical (unpaired) electrons. The fraction of sp³-hybridized carbons (Fsp3) is 0. The molecule has 18 heavy (non-hydrogen) atoms. The minimum absolute atomic E-state index is 0.300. The van der Waals surface area contributed by atoms with Crippen LogP contribution in [-0.2, 0) is 0 Å². The molecule has 0 unspecified atom stereocenters. The van der Waals surface area contributed by atoms with Gasteiger partial charge < -0.3 is 16.2 Å². The molecule has 0 aliphatic rings. The van der Waals surface area contributed by atoms with Crippen molar-refractivity contribution < 1.29 is 9.53 Å². The first kappa shape index (κ1) is 12.2. The number of ether oxygens (including phenoxy) is 1. The van der Waals surface area contributed by atoms with E-state index < -0.39 is 5.91 Å².